The Labute approximate surface area is 163 Å². The molecule has 1 heterocycles. The van der Waals surface area contributed by atoms with Crippen LogP contribution in [0.5, 0.6) is 11.5 Å². The quantitative estimate of drug-likeness (QED) is 0.683. The zero-order valence-electron chi connectivity index (χ0n) is 15.3. The van der Waals surface area contributed by atoms with E-state index in [0.717, 1.165) is 7.05 Å². The minimum atomic E-state index is -4.73. The van der Waals surface area contributed by atoms with E-state index >= 15 is 0 Å². The van der Waals surface area contributed by atoms with E-state index in [0.29, 0.717) is 26.3 Å². The number of carbonyl (C=O) groups is 1. The summed E-state index contributed by atoms with van der Waals surface area (Å²) < 4.78 is 45.0. The maximum atomic E-state index is 12.8. The Morgan fingerprint density at radius 2 is 1.69 bits per heavy atom. The number of aromatic nitrogens is 3. The molecule has 1 amide bonds. The summed E-state index contributed by atoms with van der Waals surface area (Å²) in [5, 5.41) is 5.82. The van der Waals surface area contributed by atoms with E-state index in [-0.39, 0.29) is 13.1 Å². The van der Waals surface area contributed by atoms with Crippen LogP contribution in [0.1, 0.15) is 16.2 Å². The number of amides is 1. The molecule has 0 radical (unpaired) electrons. The third-order valence-corrected chi connectivity index (χ3v) is 4.00. The molecule has 0 aliphatic carbocycles. The summed E-state index contributed by atoms with van der Waals surface area (Å²) in [5.41, 5.74) is -0.566. The third-order valence-electron chi connectivity index (χ3n) is 4.00. The average molecular weight is 406 g/mol. The number of benzene rings is 2. The Balaban J connectivity index is 1.57. The molecule has 152 valence electrons. The van der Waals surface area contributed by atoms with Crippen molar-refractivity contribution in [3.8, 4) is 11.5 Å². The maximum absolute atomic E-state index is 12.8. The van der Waals surface area contributed by atoms with Gasteiger partial charge in [-0.05, 0) is 36.4 Å². The molecule has 0 aliphatic rings. The molecule has 1 aromatic heterocycles. The predicted octanol–water partition coefficient (Wildman–Crippen LogP) is 2.82. The van der Waals surface area contributed by atoms with Gasteiger partial charge in [0.05, 0.1) is 6.54 Å². The summed E-state index contributed by atoms with van der Waals surface area (Å²) >= 11 is 0. The van der Waals surface area contributed by atoms with E-state index in [2.05, 4.69) is 10.4 Å². The van der Waals surface area contributed by atoms with Gasteiger partial charge in [-0.2, -0.15) is 13.2 Å². The van der Waals surface area contributed by atoms with Crippen LogP contribution in [0.3, 0.4) is 0 Å². The molecule has 0 saturated carbocycles. The zero-order valence-corrected chi connectivity index (χ0v) is 15.3. The Hall–Kier alpha value is -3.56. The molecular formula is C19H17F3N4O3. The number of alkyl halides is 3. The largest absolute Gasteiger partial charge is 0.457 e. The standard InChI is InChI=1S/C19H17F3N4O3/c1-25-17(19(20,21)22)24-26(18(25)28)12-11-23-16(27)13-7-9-15(10-8-13)29-14-5-3-2-4-6-14/h2-10H,11-12H2,1H3,(H,23,27). The fourth-order valence-electron chi connectivity index (χ4n) is 2.56. The van der Waals surface area contributed by atoms with Gasteiger partial charge in [0.1, 0.15) is 11.5 Å². The Morgan fingerprint density at radius 1 is 1.07 bits per heavy atom. The van der Waals surface area contributed by atoms with Gasteiger partial charge >= 0.3 is 11.9 Å². The van der Waals surface area contributed by atoms with Crippen molar-refractivity contribution < 1.29 is 22.7 Å². The third kappa shape index (κ3) is 4.84. The number of nitrogens with one attached hydrogen (secondary N) is 1. The number of carbonyl (C=O) groups excluding carboxylic acids is 1. The first-order chi connectivity index (χ1) is 13.8. The summed E-state index contributed by atoms with van der Waals surface area (Å²) in [6.45, 7) is -0.251. The molecule has 3 rings (SSSR count). The summed E-state index contributed by atoms with van der Waals surface area (Å²) in [6, 6.07) is 15.5. The van der Waals surface area contributed by atoms with Crippen molar-refractivity contribution in [3.05, 3.63) is 76.5 Å². The van der Waals surface area contributed by atoms with Gasteiger partial charge in [-0.25, -0.2) is 9.48 Å². The lowest BCUT2D eigenvalue weighted by Crippen LogP contribution is -2.31. The first kappa shape index (κ1) is 20.2. The lowest BCUT2D eigenvalue weighted by atomic mass is 10.2. The van der Waals surface area contributed by atoms with Gasteiger partial charge in [-0.15, -0.1) is 5.10 Å². The summed E-state index contributed by atoms with van der Waals surface area (Å²) in [7, 11) is 0.992. The topological polar surface area (TPSA) is 78.2 Å². The molecule has 0 bridgehead atoms. The van der Waals surface area contributed by atoms with Gasteiger partial charge in [-0.3, -0.25) is 9.36 Å². The molecule has 0 unspecified atom stereocenters. The highest BCUT2D eigenvalue weighted by Crippen LogP contribution is 2.26. The lowest BCUT2D eigenvalue weighted by molar-refractivity contribution is -0.147. The Morgan fingerprint density at radius 3 is 2.28 bits per heavy atom. The molecule has 2 aromatic carbocycles. The van der Waals surface area contributed by atoms with Crippen molar-refractivity contribution in [1.29, 1.82) is 0 Å². The van der Waals surface area contributed by atoms with Crippen molar-refractivity contribution >= 4 is 5.91 Å². The molecule has 0 atom stereocenters. The molecule has 0 spiro atoms. The number of halogens is 3. The number of hydrogen-bond donors (Lipinski definition) is 1. The van der Waals surface area contributed by atoms with E-state index in [1.54, 1.807) is 36.4 Å². The normalized spacial score (nSPS) is 11.3. The van der Waals surface area contributed by atoms with Crippen LogP contribution in [-0.2, 0) is 19.8 Å². The number of rotatable bonds is 6. The highest BCUT2D eigenvalue weighted by molar-refractivity contribution is 5.94. The summed E-state index contributed by atoms with van der Waals surface area (Å²) in [5.74, 6) is -0.518. The predicted molar refractivity (Wildman–Crippen MR) is 97.8 cm³/mol. The van der Waals surface area contributed by atoms with Crippen LogP contribution in [0.15, 0.2) is 59.4 Å². The van der Waals surface area contributed by atoms with Crippen LogP contribution in [-0.4, -0.2) is 26.8 Å². The molecule has 1 N–H and O–H groups in total. The molecule has 3 aromatic rings. The molecule has 29 heavy (non-hydrogen) atoms. The van der Waals surface area contributed by atoms with E-state index < -0.39 is 23.6 Å². The van der Waals surface area contributed by atoms with Crippen LogP contribution in [0.2, 0.25) is 0 Å². The van der Waals surface area contributed by atoms with Gasteiger partial charge in [0, 0.05) is 19.2 Å². The minimum absolute atomic E-state index is 0.0602. The van der Waals surface area contributed by atoms with Crippen LogP contribution < -0.4 is 15.7 Å². The van der Waals surface area contributed by atoms with Crippen LogP contribution in [0.25, 0.3) is 0 Å². The maximum Gasteiger partial charge on any atom is 0.451 e. The zero-order chi connectivity index (χ0) is 21.0. The molecule has 0 saturated heterocycles. The van der Waals surface area contributed by atoms with Crippen molar-refractivity contribution in [2.45, 2.75) is 12.7 Å². The monoisotopic (exact) mass is 406 g/mol. The second-order valence-corrected chi connectivity index (χ2v) is 6.08. The summed E-state index contributed by atoms with van der Waals surface area (Å²) in [6.07, 6.45) is -4.73. The number of ether oxygens (including phenoxy) is 1. The van der Waals surface area contributed by atoms with Gasteiger partial charge in [-0.1, -0.05) is 18.2 Å². The fraction of sp³-hybridized carbons (Fsp3) is 0.211. The fourth-order valence-corrected chi connectivity index (χ4v) is 2.56. The van der Waals surface area contributed by atoms with E-state index in [4.69, 9.17) is 4.74 Å². The molecular weight excluding hydrogens is 389 g/mol. The first-order valence-electron chi connectivity index (χ1n) is 8.58. The van der Waals surface area contributed by atoms with E-state index in [9.17, 15) is 22.8 Å². The van der Waals surface area contributed by atoms with Crippen LogP contribution >= 0.6 is 0 Å². The average Bonchev–Trinajstić information content (AvgIpc) is 2.98. The highest BCUT2D eigenvalue weighted by Gasteiger charge is 2.37. The van der Waals surface area contributed by atoms with Crippen molar-refractivity contribution in [3.63, 3.8) is 0 Å². The van der Waals surface area contributed by atoms with Gasteiger partial charge < -0.3 is 10.1 Å². The second-order valence-electron chi connectivity index (χ2n) is 6.08. The molecule has 10 heteroatoms. The van der Waals surface area contributed by atoms with Crippen molar-refractivity contribution in [1.82, 2.24) is 19.7 Å². The molecule has 7 nitrogen and oxygen atoms in total. The van der Waals surface area contributed by atoms with E-state index in [1.807, 2.05) is 18.2 Å². The SMILES string of the molecule is Cn1c(C(F)(F)F)nn(CCNC(=O)c2ccc(Oc3ccccc3)cc2)c1=O. The van der Waals surface area contributed by atoms with Crippen molar-refractivity contribution in [2.24, 2.45) is 7.05 Å². The first-order valence-corrected chi connectivity index (χ1v) is 8.58. The van der Waals surface area contributed by atoms with Crippen molar-refractivity contribution in [2.75, 3.05) is 6.54 Å². The van der Waals surface area contributed by atoms with Crippen LogP contribution in [0.4, 0.5) is 13.2 Å². The Kier molecular flexibility index (Phi) is 5.71. The highest BCUT2D eigenvalue weighted by atomic mass is 19.4. The summed E-state index contributed by atoms with van der Waals surface area (Å²) in [4.78, 5) is 24.0. The van der Waals surface area contributed by atoms with E-state index in [1.165, 1.54) is 0 Å². The minimum Gasteiger partial charge on any atom is -0.457 e. The Bertz CT molecular complexity index is 1040. The number of para-hydroxylation sites is 1. The van der Waals surface area contributed by atoms with Crippen LogP contribution in [0, 0.1) is 0 Å². The van der Waals surface area contributed by atoms with Gasteiger partial charge in [0.2, 0.25) is 5.82 Å². The second kappa shape index (κ2) is 8.21. The van der Waals surface area contributed by atoms with Gasteiger partial charge in [0.25, 0.3) is 5.91 Å². The lowest BCUT2D eigenvalue weighted by Gasteiger charge is -2.07. The van der Waals surface area contributed by atoms with Gasteiger partial charge in [0.15, 0.2) is 0 Å². The number of hydrogen-bond acceptors (Lipinski definition) is 4. The molecule has 0 fully saturated rings. The smallest absolute Gasteiger partial charge is 0.451 e. The molecule has 0 aliphatic heterocycles. The number of nitrogens with zero attached hydrogens (tertiary/aromatic N) is 3.